The molecule has 0 radical (unpaired) electrons. The van der Waals surface area contributed by atoms with Crippen LogP contribution in [-0.2, 0) is 18.4 Å². The Kier molecular flexibility index (Phi) is 3.33. The molecule has 15 heavy (non-hydrogen) atoms. The van der Waals surface area contributed by atoms with Gasteiger partial charge in [-0.2, -0.15) is 0 Å². The van der Waals surface area contributed by atoms with Crippen LogP contribution >= 0.6 is 11.8 Å². The number of rotatable bonds is 3. The predicted octanol–water partition coefficient (Wildman–Crippen LogP) is 0.304. The Morgan fingerprint density at radius 3 is 3.27 bits per heavy atom. The van der Waals surface area contributed by atoms with Crippen LogP contribution in [0.3, 0.4) is 0 Å². The van der Waals surface area contributed by atoms with Crippen LogP contribution in [0.25, 0.3) is 0 Å². The third kappa shape index (κ3) is 2.54. The van der Waals surface area contributed by atoms with Crippen LogP contribution in [0.5, 0.6) is 0 Å². The molecule has 1 unspecified atom stereocenters. The lowest BCUT2D eigenvalue weighted by Crippen LogP contribution is -2.41. The third-order valence-electron chi connectivity index (χ3n) is 2.53. The quantitative estimate of drug-likeness (QED) is 0.778. The number of carbonyl (C=O) groups excluding carboxylic acids is 1. The second-order valence-electron chi connectivity index (χ2n) is 3.60. The van der Waals surface area contributed by atoms with E-state index in [1.54, 1.807) is 11.8 Å². The predicted molar refractivity (Wildman–Crippen MR) is 61.5 cm³/mol. The van der Waals surface area contributed by atoms with Crippen molar-refractivity contribution in [3.63, 3.8) is 0 Å². The number of aromatic nitrogens is 1. The van der Waals surface area contributed by atoms with Gasteiger partial charge in [0.2, 0.25) is 5.91 Å². The van der Waals surface area contributed by atoms with E-state index in [1.807, 2.05) is 29.9 Å². The Labute approximate surface area is 93.4 Å². The van der Waals surface area contributed by atoms with Gasteiger partial charge in [0.1, 0.15) is 0 Å². The second kappa shape index (κ2) is 4.72. The summed E-state index contributed by atoms with van der Waals surface area (Å²) in [5.74, 6) is 1.85. The fourth-order valence-electron chi connectivity index (χ4n) is 1.54. The first kappa shape index (κ1) is 10.6. The van der Waals surface area contributed by atoms with Gasteiger partial charge in [-0.05, 0) is 12.1 Å². The second-order valence-corrected chi connectivity index (χ2v) is 4.63. The monoisotopic (exact) mass is 225 g/mol. The van der Waals surface area contributed by atoms with E-state index in [9.17, 15) is 4.79 Å². The summed E-state index contributed by atoms with van der Waals surface area (Å²) in [5, 5.41) is 6.08. The van der Waals surface area contributed by atoms with Gasteiger partial charge in [0.25, 0.3) is 0 Å². The van der Waals surface area contributed by atoms with Crippen molar-refractivity contribution in [2.24, 2.45) is 7.05 Å². The van der Waals surface area contributed by atoms with Gasteiger partial charge in [-0.1, -0.05) is 0 Å². The van der Waals surface area contributed by atoms with Gasteiger partial charge < -0.3 is 9.88 Å². The molecule has 0 spiro atoms. The first-order valence-electron chi connectivity index (χ1n) is 4.96. The average molecular weight is 225 g/mol. The molecule has 4 nitrogen and oxygen atoms in total. The minimum atomic E-state index is -0.0183. The van der Waals surface area contributed by atoms with Crippen LogP contribution in [0.2, 0.25) is 0 Å². The maximum atomic E-state index is 11.7. The lowest BCUT2D eigenvalue weighted by Gasteiger charge is -2.10. The minimum absolute atomic E-state index is 0.0183. The fourth-order valence-corrected chi connectivity index (χ4v) is 2.49. The highest BCUT2D eigenvalue weighted by Gasteiger charge is 2.21. The third-order valence-corrected chi connectivity index (χ3v) is 3.47. The van der Waals surface area contributed by atoms with E-state index in [0.717, 1.165) is 17.3 Å². The molecule has 0 bridgehead atoms. The van der Waals surface area contributed by atoms with Gasteiger partial charge in [-0.15, -0.1) is 11.8 Å². The minimum Gasteiger partial charge on any atom is -0.353 e. The summed E-state index contributed by atoms with van der Waals surface area (Å²) in [6, 6.07) is 3.97. The van der Waals surface area contributed by atoms with Gasteiger partial charge in [0.15, 0.2) is 0 Å². The molecule has 2 heterocycles. The Hall–Kier alpha value is -0.940. The molecule has 1 aliphatic rings. The standard InChI is InChI=1S/C10H15N3OS/c1-13-4-2-3-8(13)5-11-10(14)9-6-15-7-12-9/h2-4,9,12H,5-7H2,1H3,(H,11,14). The molecule has 1 aromatic heterocycles. The summed E-state index contributed by atoms with van der Waals surface area (Å²) in [7, 11) is 1.98. The number of aryl methyl sites for hydroxylation is 1. The number of amides is 1. The average Bonchev–Trinajstić information content (AvgIpc) is 2.85. The van der Waals surface area contributed by atoms with Crippen molar-refractivity contribution in [3.05, 3.63) is 24.0 Å². The molecule has 1 aliphatic heterocycles. The van der Waals surface area contributed by atoms with Crippen LogP contribution in [0.15, 0.2) is 18.3 Å². The van der Waals surface area contributed by atoms with E-state index >= 15 is 0 Å². The van der Waals surface area contributed by atoms with Crippen LogP contribution in [0.4, 0.5) is 0 Å². The zero-order valence-corrected chi connectivity index (χ0v) is 9.51. The first-order chi connectivity index (χ1) is 7.27. The Morgan fingerprint density at radius 2 is 2.67 bits per heavy atom. The highest BCUT2D eigenvalue weighted by Crippen LogP contribution is 2.09. The molecule has 2 N–H and O–H groups in total. The normalized spacial score (nSPS) is 20.5. The van der Waals surface area contributed by atoms with Gasteiger partial charge in [-0.25, -0.2) is 0 Å². The van der Waals surface area contributed by atoms with Crippen LogP contribution in [-0.4, -0.2) is 28.1 Å². The highest BCUT2D eigenvalue weighted by atomic mass is 32.2. The lowest BCUT2D eigenvalue weighted by atomic mass is 10.3. The number of nitrogens with zero attached hydrogens (tertiary/aromatic N) is 1. The van der Waals surface area contributed by atoms with E-state index < -0.39 is 0 Å². The molecular weight excluding hydrogens is 210 g/mol. The van der Waals surface area contributed by atoms with Crippen LogP contribution in [0.1, 0.15) is 5.69 Å². The number of hydrogen-bond acceptors (Lipinski definition) is 3. The fraction of sp³-hybridized carbons (Fsp3) is 0.500. The maximum Gasteiger partial charge on any atom is 0.238 e. The van der Waals surface area contributed by atoms with Crippen molar-refractivity contribution in [1.82, 2.24) is 15.2 Å². The molecule has 1 atom stereocenters. The molecule has 1 amide bonds. The molecule has 1 aromatic rings. The Morgan fingerprint density at radius 1 is 1.80 bits per heavy atom. The van der Waals surface area contributed by atoms with E-state index in [2.05, 4.69) is 10.6 Å². The van der Waals surface area contributed by atoms with E-state index in [0.29, 0.717) is 6.54 Å². The van der Waals surface area contributed by atoms with Crippen molar-refractivity contribution >= 4 is 17.7 Å². The number of thioether (sulfide) groups is 1. The molecule has 0 saturated carbocycles. The molecule has 0 aliphatic carbocycles. The molecular formula is C10H15N3OS. The maximum absolute atomic E-state index is 11.7. The molecule has 2 rings (SSSR count). The molecule has 0 aromatic carbocycles. The largest absolute Gasteiger partial charge is 0.353 e. The Balaban J connectivity index is 1.83. The van der Waals surface area contributed by atoms with Gasteiger partial charge in [0, 0.05) is 30.6 Å². The van der Waals surface area contributed by atoms with E-state index in [1.165, 1.54) is 0 Å². The number of carbonyl (C=O) groups is 1. The van der Waals surface area contributed by atoms with Crippen molar-refractivity contribution in [2.45, 2.75) is 12.6 Å². The number of hydrogen-bond donors (Lipinski definition) is 2. The zero-order chi connectivity index (χ0) is 10.7. The van der Waals surface area contributed by atoms with E-state index in [4.69, 9.17) is 0 Å². The summed E-state index contributed by atoms with van der Waals surface area (Å²) in [6.07, 6.45) is 1.98. The van der Waals surface area contributed by atoms with Crippen molar-refractivity contribution in [2.75, 3.05) is 11.6 Å². The molecule has 1 saturated heterocycles. The van der Waals surface area contributed by atoms with Crippen molar-refractivity contribution < 1.29 is 4.79 Å². The smallest absolute Gasteiger partial charge is 0.238 e. The van der Waals surface area contributed by atoms with Gasteiger partial charge in [-0.3, -0.25) is 10.1 Å². The number of nitrogens with one attached hydrogen (secondary N) is 2. The summed E-state index contributed by atoms with van der Waals surface area (Å²) in [6.45, 7) is 0.602. The summed E-state index contributed by atoms with van der Waals surface area (Å²) >= 11 is 1.76. The first-order valence-corrected chi connectivity index (χ1v) is 6.12. The molecule has 1 fully saturated rings. The highest BCUT2D eigenvalue weighted by molar-refractivity contribution is 7.99. The van der Waals surface area contributed by atoms with Crippen LogP contribution in [0, 0.1) is 0 Å². The van der Waals surface area contributed by atoms with Crippen LogP contribution < -0.4 is 10.6 Å². The van der Waals surface area contributed by atoms with Crippen molar-refractivity contribution in [3.8, 4) is 0 Å². The summed E-state index contributed by atoms with van der Waals surface area (Å²) < 4.78 is 2.01. The van der Waals surface area contributed by atoms with E-state index in [-0.39, 0.29) is 11.9 Å². The lowest BCUT2D eigenvalue weighted by molar-refractivity contribution is -0.122. The Bertz CT molecular complexity index is 344. The molecule has 82 valence electrons. The van der Waals surface area contributed by atoms with Gasteiger partial charge in [0.05, 0.1) is 12.6 Å². The SMILES string of the molecule is Cn1cccc1CNC(=O)C1CSCN1. The van der Waals surface area contributed by atoms with Gasteiger partial charge >= 0.3 is 0 Å². The summed E-state index contributed by atoms with van der Waals surface area (Å²) in [5.41, 5.74) is 1.12. The summed E-state index contributed by atoms with van der Waals surface area (Å²) in [4.78, 5) is 11.7. The molecule has 5 heteroatoms. The van der Waals surface area contributed by atoms with Crippen molar-refractivity contribution in [1.29, 1.82) is 0 Å². The topological polar surface area (TPSA) is 46.1 Å². The zero-order valence-electron chi connectivity index (χ0n) is 8.69.